The standard InChI is InChI=1S/3C16H14O.CHCl3.2Pd/c3*1-13(17)12-16(14-8-4-2-5-9-14)15-10-6-3-7-11-15;2-1(3)4;;/h3*2-12H,1H3;1H;;. The Morgan fingerprint density at radius 3 is 0.561 bits per heavy atom. The fourth-order valence-corrected chi connectivity index (χ4v) is 5.32. The molecule has 6 aromatic carbocycles. The molecule has 0 aliphatic carbocycles. The Bertz CT molecular complexity index is 1770. The fraction of sp³-hybridized carbons (Fsp3) is 0.0816. The Balaban J connectivity index is 0.000000401. The van der Waals surface area contributed by atoms with E-state index in [2.05, 4.69) is 0 Å². The van der Waals surface area contributed by atoms with Gasteiger partial charge in [-0.3, -0.25) is 14.4 Å². The summed E-state index contributed by atoms with van der Waals surface area (Å²) in [5.41, 5.74) is 9.30. The largest absolute Gasteiger partial charge is 0.295 e. The molecule has 6 aromatic rings. The van der Waals surface area contributed by atoms with Crippen LogP contribution >= 0.6 is 34.8 Å². The second-order valence-electron chi connectivity index (χ2n) is 11.9. The van der Waals surface area contributed by atoms with Crippen LogP contribution in [0.5, 0.6) is 0 Å². The van der Waals surface area contributed by atoms with Crippen LogP contribution in [-0.2, 0) is 55.2 Å². The number of ketones is 3. The van der Waals surface area contributed by atoms with Gasteiger partial charge in [-0.15, -0.1) is 0 Å². The molecule has 298 valence electrons. The van der Waals surface area contributed by atoms with Crippen molar-refractivity contribution in [1.82, 2.24) is 0 Å². The molecule has 0 saturated heterocycles. The minimum Gasteiger partial charge on any atom is -0.295 e. The van der Waals surface area contributed by atoms with Crippen molar-refractivity contribution in [3.63, 3.8) is 0 Å². The van der Waals surface area contributed by atoms with Gasteiger partial charge in [0, 0.05) is 40.8 Å². The molecule has 0 aliphatic rings. The number of carbonyl (C=O) groups excluding carboxylic acids is 3. The molecule has 0 fully saturated rings. The van der Waals surface area contributed by atoms with E-state index in [0.717, 1.165) is 50.1 Å². The minimum atomic E-state index is -0.750. The van der Waals surface area contributed by atoms with Crippen molar-refractivity contribution >= 4 is 68.9 Å². The van der Waals surface area contributed by atoms with E-state index in [1.165, 1.54) is 0 Å². The average Bonchev–Trinajstić information content (AvgIpc) is 3.20. The van der Waals surface area contributed by atoms with Gasteiger partial charge in [-0.2, -0.15) is 0 Å². The monoisotopic (exact) mass is 996 g/mol. The first-order chi connectivity index (χ1) is 26.5. The number of benzene rings is 6. The summed E-state index contributed by atoms with van der Waals surface area (Å²) in [6.45, 7) is 4.73. The number of alkyl halides is 3. The maximum atomic E-state index is 11.3. The molecule has 8 heteroatoms. The van der Waals surface area contributed by atoms with Gasteiger partial charge < -0.3 is 0 Å². The number of halogens is 3. The second kappa shape index (κ2) is 29.0. The van der Waals surface area contributed by atoms with Gasteiger partial charge in [0.15, 0.2) is 21.6 Å². The van der Waals surface area contributed by atoms with Crippen LogP contribution in [0, 0.1) is 0 Å². The first-order valence-corrected chi connectivity index (χ1v) is 18.8. The summed E-state index contributed by atoms with van der Waals surface area (Å²) in [5, 5.41) is 0. The summed E-state index contributed by atoms with van der Waals surface area (Å²) in [6, 6.07) is 59.8. The molecule has 0 saturated carbocycles. The molecule has 0 spiro atoms. The van der Waals surface area contributed by atoms with E-state index in [1.807, 2.05) is 182 Å². The van der Waals surface area contributed by atoms with Crippen LogP contribution < -0.4 is 0 Å². The SMILES string of the molecule is CC(=O)C=C(c1ccccc1)c1ccccc1.CC(=O)C=C(c1ccccc1)c1ccccc1.CC(=O)C=C(c1ccccc1)c1ccccc1.ClC(Cl)Cl.[Pd].[Pd]. The van der Waals surface area contributed by atoms with E-state index in [1.54, 1.807) is 39.0 Å². The van der Waals surface area contributed by atoms with E-state index in [9.17, 15) is 14.4 Å². The van der Waals surface area contributed by atoms with E-state index in [4.69, 9.17) is 34.8 Å². The maximum Gasteiger partial charge on any atom is 0.180 e. The van der Waals surface area contributed by atoms with E-state index in [-0.39, 0.29) is 58.2 Å². The first kappa shape index (κ1) is 50.8. The van der Waals surface area contributed by atoms with E-state index < -0.39 is 4.30 Å². The molecule has 0 aromatic heterocycles. The third kappa shape index (κ3) is 20.1. The minimum absolute atomic E-state index is 0. The Labute approximate surface area is 379 Å². The third-order valence-corrected chi connectivity index (χ3v) is 7.55. The van der Waals surface area contributed by atoms with Crippen molar-refractivity contribution < 1.29 is 55.2 Å². The number of hydrogen-bond donors (Lipinski definition) is 0. The van der Waals surface area contributed by atoms with Crippen molar-refractivity contribution in [2.24, 2.45) is 0 Å². The molecule has 0 amide bonds. The molecular weight excluding hydrogens is 956 g/mol. The predicted octanol–water partition coefficient (Wildman–Crippen LogP) is 13.1. The quantitative estimate of drug-likeness (QED) is 0.0824. The van der Waals surface area contributed by atoms with Crippen molar-refractivity contribution in [3.05, 3.63) is 234 Å². The van der Waals surface area contributed by atoms with Gasteiger partial charge in [-0.25, -0.2) is 0 Å². The zero-order chi connectivity index (χ0) is 39.8. The number of carbonyl (C=O) groups is 3. The van der Waals surface area contributed by atoms with Crippen LogP contribution in [0.25, 0.3) is 16.7 Å². The second-order valence-corrected chi connectivity index (χ2v) is 13.9. The summed E-state index contributed by atoms with van der Waals surface area (Å²) in [4.78, 5) is 34.0. The van der Waals surface area contributed by atoms with Crippen LogP contribution in [0.1, 0.15) is 54.2 Å². The normalized spacial score (nSPS) is 9.32. The summed E-state index contributed by atoms with van der Waals surface area (Å²) < 4.78 is -0.750. The molecule has 6 rings (SSSR count). The Morgan fingerprint density at radius 2 is 0.456 bits per heavy atom. The van der Waals surface area contributed by atoms with Gasteiger partial charge in [-0.05, 0) is 89.1 Å². The van der Waals surface area contributed by atoms with E-state index in [0.29, 0.717) is 0 Å². The summed E-state index contributed by atoms with van der Waals surface area (Å²) in [5.74, 6) is 0.188. The first-order valence-electron chi connectivity index (χ1n) is 17.5. The maximum absolute atomic E-state index is 11.3. The van der Waals surface area contributed by atoms with E-state index >= 15 is 0 Å². The number of rotatable bonds is 9. The Kier molecular flexibility index (Phi) is 25.9. The fourth-order valence-electron chi connectivity index (χ4n) is 5.32. The predicted molar refractivity (Wildman–Crippen MR) is 233 cm³/mol. The smallest absolute Gasteiger partial charge is 0.180 e. The molecule has 0 radical (unpaired) electrons. The Morgan fingerprint density at radius 1 is 0.333 bits per heavy atom. The molecule has 0 N–H and O–H groups in total. The van der Waals surface area contributed by atoms with Gasteiger partial charge in [0.2, 0.25) is 0 Å². The van der Waals surface area contributed by atoms with Gasteiger partial charge >= 0.3 is 0 Å². The van der Waals surface area contributed by atoms with Gasteiger partial charge in [-0.1, -0.05) is 217 Å². The zero-order valence-electron chi connectivity index (χ0n) is 31.6. The molecule has 0 atom stereocenters. The van der Waals surface area contributed by atoms with Crippen molar-refractivity contribution in [2.45, 2.75) is 25.1 Å². The molecule has 0 aliphatic heterocycles. The van der Waals surface area contributed by atoms with Crippen LogP contribution in [-0.4, -0.2) is 21.6 Å². The number of hydrogen-bond acceptors (Lipinski definition) is 3. The zero-order valence-corrected chi connectivity index (χ0v) is 37.0. The molecule has 0 heterocycles. The van der Waals surface area contributed by atoms with Gasteiger partial charge in [0.1, 0.15) is 0 Å². The van der Waals surface area contributed by atoms with Crippen LogP contribution in [0.2, 0.25) is 0 Å². The average molecular weight is 999 g/mol. The number of allylic oxidation sites excluding steroid dienone is 3. The van der Waals surface area contributed by atoms with Crippen molar-refractivity contribution in [2.75, 3.05) is 0 Å². The topological polar surface area (TPSA) is 51.2 Å². The Hall–Kier alpha value is -4.26. The van der Waals surface area contributed by atoms with Crippen molar-refractivity contribution in [3.8, 4) is 0 Å². The summed E-state index contributed by atoms with van der Waals surface area (Å²) in [7, 11) is 0. The van der Waals surface area contributed by atoms with Crippen LogP contribution in [0.3, 0.4) is 0 Å². The van der Waals surface area contributed by atoms with Crippen molar-refractivity contribution in [1.29, 1.82) is 0 Å². The van der Waals surface area contributed by atoms with Crippen LogP contribution in [0.4, 0.5) is 0 Å². The van der Waals surface area contributed by atoms with Gasteiger partial charge in [0.25, 0.3) is 0 Å². The van der Waals surface area contributed by atoms with Crippen LogP contribution in [0.15, 0.2) is 200 Å². The molecule has 0 unspecified atom stereocenters. The molecule has 57 heavy (non-hydrogen) atoms. The summed E-state index contributed by atoms with van der Waals surface area (Å²) >= 11 is 14.4. The summed E-state index contributed by atoms with van der Waals surface area (Å²) in [6.07, 6.45) is 5.06. The molecular formula is C49H43Cl3O3Pd2. The third-order valence-electron chi connectivity index (χ3n) is 7.55. The molecule has 0 bridgehead atoms. The molecule has 3 nitrogen and oxygen atoms in total. The van der Waals surface area contributed by atoms with Gasteiger partial charge in [0.05, 0.1) is 0 Å².